The normalized spacial score (nSPS) is 34.7. The largest absolute Gasteiger partial charge is 0.393 e. The smallest absolute Gasteiger partial charge is 0.0579 e. The predicted molar refractivity (Wildman–Crippen MR) is 87.4 cm³/mol. The summed E-state index contributed by atoms with van der Waals surface area (Å²) in [5.74, 6) is 1.20. The average Bonchev–Trinajstić information content (AvgIpc) is 3.04. The first-order chi connectivity index (χ1) is 10.2. The van der Waals surface area contributed by atoms with E-state index in [1.165, 1.54) is 42.0 Å². The van der Waals surface area contributed by atoms with E-state index < -0.39 is 0 Å². The van der Waals surface area contributed by atoms with Gasteiger partial charge >= 0.3 is 0 Å². The molecule has 1 heteroatoms. The fraction of sp³-hybridized carbons (Fsp3) is 0.500. The lowest BCUT2D eigenvalue weighted by Crippen LogP contribution is -2.39. The van der Waals surface area contributed by atoms with Crippen LogP contribution >= 0.6 is 0 Å². The Balaban J connectivity index is 1.91. The molecular weight excluding hydrogens is 256 g/mol. The average molecular weight is 280 g/mol. The first-order valence-corrected chi connectivity index (χ1v) is 8.41. The molecule has 1 nitrogen and oxygen atoms in total. The Morgan fingerprint density at radius 1 is 1.10 bits per heavy atom. The van der Waals surface area contributed by atoms with Gasteiger partial charge in [-0.2, -0.15) is 0 Å². The molecule has 4 atom stereocenters. The Labute approximate surface area is 127 Å². The number of aliphatic hydroxyl groups excluding tert-OH is 1. The molecule has 2 bridgehead atoms. The first-order valence-electron chi connectivity index (χ1n) is 8.41. The SMILES string of the molecule is CCCC1(c2cccc3ccccc23)CC2CC(O)C1C2. The summed E-state index contributed by atoms with van der Waals surface area (Å²) in [5.41, 5.74) is 1.70. The minimum Gasteiger partial charge on any atom is -0.393 e. The number of hydrogen-bond donors (Lipinski definition) is 1. The second kappa shape index (κ2) is 4.84. The topological polar surface area (TPSA) is 20.2 Å². The zero-order valence-corrected chi connectivity index (χ0v) is 12.8. The molecule has 2 fully saturated rings. The second-order valence-electron chi connectivity index (χ2n) is 7.15. The lowest BCUT2D eigenvalue weighted by molar-refractivity contribution is 0.0590. The van der Waals surface area contributed by atoms with Crippen molar-refractivity contribution >= 4 is 10.8 Å². The third-order valence-electron chi connectivity index (χ3n) is 6.01. The zero-order valence-electron chi connectivity index (χ0n) is 12.8. The van der Waals surface area contributed by atoms with Gasteiger partial charge < -0.3 is 5.11 Å². The van der Waals surface area contributed by atoms with E-state index in [9.17, 15) is 5.11 Å². The Kier molecular flexibility index (Phi) is 3.08. The van der Waals surface area contributed by atoms with Gasteiger partial charge in [-0.3, -0.25) is 0 Å². The number of benzene rings is 2. The Morgan fingerprint density at radius 3 is 2.67 bits per heavy atom. The molecule has 21 heavy (non-hydrogen) atoms. The minimum atomic E-state index is -0.0886. The summed E-state index contributed by atoms with van der Waals surface area (Å²) in [6, 6.07) is 15.5. The van der Waals surface area contributed by atoms with E-state index in [1.807, 2.05) is 0 Å². The van der Waals surface area contributed by atoms with Crippen molar-refractivity contribution in [3.05, 3.63) is 48.0 Å². The predicted octanol–water partition coefficient (Wildman–Crippen LogP) is 4.67. The van der Waals surface area contributed by atoms with Crippen molar-refractivity contribution in [3.63, 3.8) is 0 Å². The van der Waals surface area contributed by atoms with Crippen LogP contribution in [0.3, 0.4) is 0 Å². The zero-order chi connectivity index (χ0) is 14.4. The van der Waals surface area contributed by atoms with Crippen molar-refractivity contribution < 1.29 is 5.11 Å². The van der Waals surface area contributed by atoms with Gasteiger partial charge in [0, 0.05) is 5.41 Å². The van der Waals surface area contributed by atoms with Crippen LogP contribution in [-0.2, 0) is 5.41 Å². The van der Waals surface area contributed by atoms with Crippen molar-refractivity contribution in [3.8, 4) is 0 Å². The molecule has 0 radical (unpaired) electrons. The van der Waals surface area contributed by atoms with Crippen molar-refractivity contribution in [1.82, 2.24) is 0 Å². The van der Waals surface area contributed by atoms with E-state index in [0.717, 1.165) is 12.3 Å². The maximum atomic E-state index is 10.5. The highest BCUT2D eigenvalue weighted by molar-refractivity contribution is 5.86. The third kappa shape index (κ3) is 1.87. The molecular formula is C20H24O. The molecule has 4 unspecified atom stereocenters. The molecule has 1 N–H and O–H groups in total. The highest BCUT2D eigenvalue weighted by atomic mass is 16.3. The Bertz CT molecular complexity index is 656. The summed E-state index contributed by atoms with van der Waals surface area (Å²) in [5, 5.41) is 13.2. The molecule has 2 aromatic carbocycles. The monoisotopic (exact) mass is 280 g/mol. The fourth-order valence-electron chi connectivity index (χ4n) is 5.38. The highest BCUT2D eigenvalue weighted by Crippen LogP contribution is 2.59. The van der Waals surface area contributed by atoms with Gasteiger partial charge in [-0.25, -0.2) is 0 Å². The molecule has 0 saturated heterocycles. The Hall–Kier alpha value is -1.34. The van der Waals surface area contributed by atoms with Crippen LogP contribution < -0.4 is 0 Å². The standard InChI is InChI=1S/C20H24O/c1-2-10-20(13-14-11-18(20)19(21)12-14)17-9-5-7-15-6-3-4-8-16(15)17/h3-9,14,18-19,21H,2,10-13H2,1H3. The van der Waals surface area contributed by atoms with Crippen LogP contribution in [0.15, 0.2) is 42.5 Å². The number of rotatable bonds is 3. The second-order valence-corrected chi connectivity index (χ2v) is 7.15. The van der Waals surface area contributed by atoms with Crippen LogP contribution in [0, 0.1) is 11.8 Å². The van der Waals surface area contributed by atoms with E-state index in [0.29, 0.717) is 5.92 Å². The van der Waals surface area contributed by atoms with Crippen molar-refractivity contribution in [2.45, 2.75) is 50.5 Å². The van der Waals surface area contributed by atoms with Crippen LogP contribution in [0.25, 0.3) is 10.8 Å². The van der Waals surface area contributed by atoms with Crippen LogP contribution in [0.5, 0.6) is 0 Å². The lowest BCUT2D eigenvalue weighted by atomic mass is 9.64. The number of fused-ring (bicyclic) bond motifs is 3. The summed E-state index contributed by atoms with van der Waals surface area (Å²) in [6.07, 6.45) is 5.84. The van der Waals surface area contributed by atoms with E-state index in [4.69, 9.17) is 0 Å². The molecule has 0 spiro atoms. The maximum Gasteiger partial charge on any atom is 0.0579 e. The van der Waals surface area contributed by atoms with Crippen LogP contribution in [-0.4, -0.2) is 11.2 Å². The number of aliphatic hydroxyl groups is 1. The lowest BCUT2D eigenvalue weighted by Gasteiger charge is -2.41. The van der Waals surface area contributed by atoms with Crippen molar-refractivity contribution in [1.29, 1.82) is 0 Å². The Morgan fingerprint density at radius 2 is 1.90 bits per heavy atom. The van der Waals surface area contributed by atoms with E-state index in [1.54, 1.807) is 0 Å². The van der Waals surface area contributed by atoms with E-state index in [2.05, 4.69) is 49.4 Å². The minimum absolute atomic E-state index is 0.0886. The first kappa shape index (κ1) is 13.3. The van der Waals surface area contributed by atoms with Gasteiger partial charge in [0.25, 0.3) is 0 Å². The van der Waals surface area contributed by atoms with Gasteiger partial charge in [-0.15, -0.1) is 0 Å². The van der Waals surface area contributed by atoms with Gasteiger partial charge in [0.15, 0.2) is 0 Å². The number of hydrogen-bond acceptors (Lipinski definition) is 1. The summed E-state index contributed by atoms with van der Waals surface area (Å²) < 4.78 is 0. The molecule has 2 aromatic rings. The third-order valence-corrected chi connectivity index (χ3v) is 6.01. The molecule has 0 heterocycles. The van der Waals surface area contributed by atoms with E-state index in [-0.39, 0.29) is 11.5 Å². The van der Waals surface area contributed by atoms with Gasteiger partial charge in [-0.1, -0.05) is 55.8 Å². The molecule has 2 aliphatic carbocycles. The van der Waals surface area contributed by atoms with Crippen LogP contribution in [0.4, 0.5) is 0 Å². The van der Waals surface area contributed by atoms with Crippen molar-refractivity contribution in [2.75, 3.05) is 0 Å². The van der Waals surface area contributed by atoms with Gasteiger partial charge in [0.05, 0.1) is 6.10 Å². The molecule has 2 saturated carbocycles. The molecule has 2 aliphatic rings. The quantitative estimate of drug-likeness (QED) is 0.866. The van der Waals surface area contributed by atoms with Gasteiger partial charge in [0.1, 0.15) is 0 Å². The molecule has 0 aromatic heterocycles. The summed E-state index contributed by atoms with van der Waals surface area (Å²) >= 11 is 0. The van der Waals surface area contributed by atoms with E-state index >= 15 is 0 Å². The summed E-state index contributed by atoms with van der Waals surface area (Å²) in [6.45, 7) is 2.28. The highest BCUT2D eigenvalue weighted by Gasteiger charge is 2.55. The van der Waals surface area contributed by atoms with Crippen LogP contribution in [0.2, 0.25) is 0 Å². The summed E-state index contributed by atoms with van der Waals surface area (Å²) in [4.78, 5) is 0. The van der Waals surface area contributed by atoms with Crippen molar-refractivity contribution in [2.24, 2.45) is 11.8 Å². The van der Waals surface area contributed by atoms with Crippen LogP contribution in [0.1, 0.15) is 44.6 Å². The molecule has 4 rings (SSSR count). The molecule has 0 amide bonds. The molecule has 0 aliphatic heterocycles. The molecule has 110 valence electrons. The fourth-order valence-corrected chi connectivity index (χ4v) is 5.38. The van der Waals surface area contributed by atoms with Gasteiger partial charge in [-0.05, 0) is 53.9 Å². The van der Waals surface area contributed by atoms with Gasteiger partial charge in [0.2, 0.25) is 0 Å². The maximum absolute atomic E-state index is 10.5. The summed E-state index contributed by atoms with van der Waals surface area (Å²) in [7, 11) is 0.